The molecule has 2 atom stereocenters. The number of aromatic nitrogens is 2. The zero-order valence-corrected chi connectivity index (χ0v) is 21.8. The Balaban J connectivity index is 1.40. The summed E-state index contributed by atoms with van der Waals surface area (Å²) in [5.41, 5.74) is 2.14. The molecule has 0 unspecified atom stereocenters. The molecule has 0 radical (unpaired) electrons. The van der Waals surface area contributed by atoms with E-state index in [9.17, 15) is 13.2 Å². The third kappa shape index (κ3) is 5.11. The zero-order valence-electron chi connectivity index (χ0n) is 21.0. The van der Waals surface area contributed by atoms with Gasteiger partial charge in [0.15, 0.2) is 5.11 Å². The predicted octanol–water partition coefficient (Wildman–Crippen LogP) is 7.39. The zero-order chi connectivity index (χ0) is 27.0. The van der Waals surface area contributed by atoms with E-state index in [4.69, 9.17) is 17.0 Å². The Morgan fingerprint density at radius 1 is 0.897 bits per heavy atom. The first kappa shape index (κ1) is 25.4. The van der Waals surface area contributed by atoms with E-state index in [1.807, 2.05) is 59.5 Å². The van der Waals surface area contributed by atoms with Crippen molar-refractivity contribution in [3.05, 3.63) is 108 Å². The molecule has 0 spiro atoms. The smallest absolute Gasteiger partial charge is 0.416 e. The molecule has 1 aliphatic heterocycles. The molecule has 3 heterocycles. The predicted molar refractivity (Wildman–Crippen MR) is 148 cm³/mol. The third-order valence-corrected chi connectivity index (χ3v) is 7.67. The van der Waals surface area contributed by atoms with E-state index in [2.05, 4.69) is 10.3 Å². The molecular weight excluding hydrogens is 521 g/mol. The quantitative estimate of drug-likeness (QED) is 0.255. The van der Waals surface area contributed by atoms with Crippen LogP contribution < -0.4 is 15.0 Å². The molecule has 2 aliphatic rings. The first-order valence-electron chi connectivity index (χ1n) is 13.0. The maximum atomic E-state index is 13.5. The average Bonchev–Trinajstić information content (AvgIpc) is 3.70. The van der Waals surface area contributed by atoms with Crippen LogP contribution in [0.2, 0.25) is 0 Å². The van der Waals surface area contributed by atoms with Crippen LogP contribution in [-0.4, -0.2) is 20.8 Å². The minimum absolute atomic E-state index is 0.252. The molecule has 1 aliphatic carbocycles. The van der Waals surface area contributed by atoms with Gasteiger partial charge in [-0.1, -0.05) is 12.1 Å². The summed E-state index contributed by atoms with van der Waals surface area (Å²) in [7, 11) is 0. The molecule has 1 saturated carbocycles. The highest BCUT2D eigenvalue weighted by molar-refractivity contribution is 7.80. The van der Waals surface area contributed by atoms with Crippen LogP contribution in [0.1, 0.15) is 54.7 Å². The Morgan fingerprint density at radius 2 is 1.69 bits per heavy atom. The highest BCUT2D eigenvalue weighted by atomic mass is 32.1. The number of halogens is 3. The van der Waals surface area contributed by atoms with Gasteiger partial charge in [0.2, 0.25) is 0 Å². The van der Waals surface area contributed by atoms with Gasteiger partial charge in [0.05, 0.1) is 23.4 Å². The van der Waals surface area contributed by atoms with Crippen molar-refractivity contribution in [3.8, 4) is 11.4 Å². The van der Waals surface area contributed by atoms with E-state index < -0.39 is 11.7 Å². The summed E-state index contributed by atoms with van der Waals surface area (Å²) >= 11 is 5.83. The van der Waals surface area contributed by atoms with Crippen molar-refractivity contribution >= 4 is 23.0 Å². The lowest BCUT2D eigenvalue weighted by molar-refractivity contribution is -0.137. The first-order chi connectivity index (χ1) is 18.9. The van der Waals surface area contributed by atoms with Gasteiger partial charge in [0.1, 0.15) is 11.8 Å². The van der Waals surface area contributed by atoms with Crippen LogP contribution in [0, 0.1) is 0 Å². The summed E-state index contributed by atoms with van der Waals surface area (Å²) in [6.07, 6.45) is 3.84. The van der Waals surface area contributed by atoms with E-state index in [1.165, 1.54) is 25.0 Å². The lowest BCUT2D eigenvalue weighted by Gasteiger charge is -2.29. The standard InChI is InChI=1S/C30H27F3N4OS/c31-30(32,33)20-7-5-8-22(19-20)36-18-6-12-26(36)28-27(25-11-3-4-17-34-25)35-29(39)37(28)21-13-15-24(16-14-21)38-23-9-1-2-10-23/h3-8,11-19,23,27-28H,1-2,9-10H2,(H,35,39)/t27-,28+/m1/s1. The summed E-state index contributed by atoms with van der Waals surface area (Å²) in [4.78, 5) is 6.58. The Bertz CT molecular complexity index is 1450. The SMILES string of the molecule is FC(F)(F)c1cccc(-n2cccc2[C@H]2[C@@H](c3ccccn3)NC(=S)N2c2ccc(OC3CCCC3)cc2)c1. The van der Waals surface area contributed by atoms with Crippen LogP contribution in [-0.2, 0) is 6.18 Å². The van der Waals surface area contributed by atoms with Crippen LogP contribution in [0.25, 0.3) is 5.69 Å². The van der Waals surface area contributed by atoms with Gasteiger partial charge in [-0.3, -0.25) is 4.98 Å². The molecule has 6 rings (SSSR count). The summed E-state index contributed by atoms with van der Waals surface area (Å²) in [6.45, 7) is 0. The Labute approximate surface area is 230 Å². The van der Waals surface area contributed by atoms with Gasteiger partial charge in [-0.05, 0) is 105 Å². The molecule has 0 amide bonds. The number of alkyl halides is 3. The van der Waals surface area contributed by atoms with E-state index in [0.29, 0.717) is 10.8 Å². The second kappa shape index (κ2) is 10.4. The number of thiocarbonyl (C=S) groups is 1. The van der Waals surface area contributed by atoms with Gasteiger partial charge in [-0.2, -0.15) is 13.2 Å². The highest BCUT2D eigenvalue weighted by Gasteiger charge is 2.42. The fourth-order valence-electron chi connectivity index (χ4n) is 5.52. The second-order valence-corrected chi connectivity index (χ2v) is 10.3. The van der Waals surface area contributed by atoms with Crippen molar-refractivity contribution in [3.63, 3.8) is 0 Å². The van der Waals surface area contributed by atoms with Crippen molar-refractivity contribution in [2.75, 3.05) is 4.90 Å². The lowest BCUT2D eigenvalue weighted by Crippen LogP contribution is -2.30. The van der Waals surface area contributed by atoms with Crippen molar-refractivity contribution in [1.82, 2.24) is 14.9 Å². The summed E-state index contributed by atoms with van der Waals surface area (Å²) in [5.74, 6) is 0.814. The number of hydrogen-bond acceptors (Lipinski definition) is 3. The minimum atomic E-state index is -4.44. The molecule has 1 N–H and O–H groups in total. The lowest BCUT2D eigenvalue weighted by atomic mass is 10.0. The van der Waals surface area contributed by atoms with Crippen molar-refractivity contribution in [2.24, 2.45) is 0 Å². The number of benzene rings is 2. The third-order valence-electron chi connectivity index (χ3n) is 7.35. The largest absolute Gasteiger partial charge is 0.490 e. The van der Waals surface area contributed by atoms with Gasteiger partial charge in [0, 0.05) is 29.5 Å². The number of anilines is 1. The number of nitrogens with zero attached hydrogens (tertiary/aromatic N) is 3. The Kier molecular flexibility index (Phi) is 6.76. The molecule has 2 aromatic heterocycles. The number of hydrogen-bond donors (Lipinski definition) is 1. The molecule has 0 bridgehead atoms. The number of ether oxygens (including phenoxy) is 1. The summed E-state index contributed by atoms with van der Waals surface area (Å²) in [6, 6.07) is 21.9. The Morgan fingerprint density at radius 3 is 2.41 bits per heavy atom. The average molecular weight is 549 g/mol. The van der Waals surface area contributed by atoms with Gasteiger partial charge in [-0.15, -0.1) is 0 Å². The van der Waals surface area contributed by atoms with Crippen LogP contribution >= 0.6 is 12.2 Å². The van der Waals surface area contributed by atoms with Crippen molar-refractivity contribution in [2.45, 2.75) is 50.0 Å². The summed E-state index contributed by atoms with van der Waals surface area (Å²) < 4.78 is 48.5. The second-order valence-electron chi connectivity index (χ2n) is 9.87. The van der Waals surface area contributed by atoms with E-state index in [-0.39, 0.29) is 18.2 Å². The molecular formula is C30H27F3N4OS. The van der Waals surface area contributed by atoms with E-state index in [0.717, 1.165) is 41.7 Å². The fraction of sp³-hybridized carbons (Fsp3) is 0.267. The van der Waals surface area contributed by atoms with Crippen LogP contribution in [0.3, 0.4) is 0 Å². The van der Waals surface area contributed by atoms with E-state index >= 15 is 0 Å². The van der Waals surface area contributed by atoms with Crippen LogP contribution in [0.5, 0.6) is 5.75 Å². The maximum Gasteiger partial charge on any atom is 0.416 e. The van der Waals surface area contributed by atoms with Gasteiger partial charge in [-0.25, -0.2) is 0 Å². The molecule has 5 nitrogen and oxygen atoms in total. The van der Waals surface area contributed by atoms with Crippen LogP contribution in [0.4, 0.5) is 18.9 Å². The fourth-order valence-corrected chi connectivity index (χ4v) is 5.87. The number of nitrogens with one attached hydrogen (secondary N) is 1. The van der Waals surface area contributed by atoms with Gasteiger partial charge < -0.3 is 19.5 Å². The van der Waals surface area contributed by atoms with Gasteiger partial charge in [0.25, 0.3) is 0 Å². The van der Waals surface area contributed by atoms with Crippen molar-refractivity contribution in [1.29, 1.82) is 0 Å². The Hall–Kier alpha value is -3.85. The number of pyridine rings is 1. The summed E-state index contributed by atoms with van der Waals surface area (Å²) in [5, 5.41) is 3.93. The minimum Gasteiger partial charge on any atom is -0.490 e. The molecule has 2 fully saturated rings. The number of rotatable bonds is 6. The first-order valence-corrected chi connectivity index (χ1v) is 13.4. The maximum absolute atomic E-state index is 13.5. The van der Waals surface area contributed by atoms with Crippen molar-refractivity contribution < 1.29 is 17.9 Å². The van der Waals surface area contributed by atoms with Gasteiger partial charge >= 0.3 is 6.18 Å². The topological polar surface area (TPSA) is 42.3 Å². The molecule has 200 valence electrons. The molecule has 1 saturated heterocycles. The molecule has 2 aromatic carbocycles. The molecule has 4 aromatic rings. The molecule has 39 heavy (non-hydrogen) atoms. The molecule has 9 heteroatoms. The van der Waals surface area contributed by atoms with E-state index in [1.54, 1.807) is 23.0 Å². The normalized spacial score (nSPS) is 19.9. The monoisotopic (exact) mass is 548 g/mol. The van der Waals surface area contributed by atoms with Crippen LogP contribution in [0.15, 0.2) is 91.3 Å². The highest BCUT2D eigenvalue weighted by Crippen LogP contribution is 2.43.